The molecule has 0 aromatic carbocycles. The molecule has 0 aliphatic heterocycles. The number of aryl methyl sites for hydroxylation is 2. The van der Waals surface area contributed by atoms with E-state index in [1.54, 1.807) is 11.7 Å². The third-order valence-electron chi connectivity index (χ3n) is 3.16. The van der Waals surface area contributed by atoms with E-state index in [0.29, 0.717) is 11.5 Å². The summed E-state index contributed by atoms with van der Waals surface area (Å²) < 4.78 is 1.62. The smallest absolute Gasteiger partial charge is 0.278 e. The van der Waals surface area contributed by atoms with E-state index in [-0.39, 0.29) is 5.56 Å². The number of aromatic nitrogens is 4. The van der Waals surface area contributed by atoms with Crippen molar-refractivity contribution < 1.29 is 0 Å². The van der Waals surface area contributed by atoms with E-state index >= 15 is 0 Å². The molecule has 2 heterocycles. The van der Waals surface area contributed by atoms with E-state index in [9.17, 15) is 4.79 Å². The zero-order valence-electron chi connectivity index (χ0n) is 12.0. The van der Waals surface area contributed by atoms with Gasteiger partial charge in [0.1, 0.15) is 5.52 Å². The quantitative estimate of drug-likeness (QED) is 0.886. The molecule has 0 saturated carbocycles. The van der Waals surface area contributed by atoms with Crippen LogP contribution in [0.1, 0.15) is 32.4 Å². The van der Waals surface area contributed by atoms with Gasteiger partial charge in [0.05, 0.1) is 5.69 Å². The van der Waals surface area contributed by atoms with Crippen LogP contribution >= 0.6 is 0 Å². The lowest BCUT2D eigenvalue weighted by Gasteiger charge is -2.16. The summed E-state index contributed by atoms with van der Waals surface area (Å²) >= 11 is 0. The van der Waals surface area contributed by atoms with Crippen LogP contribution in [0, 0.1) is 0 Å². The lowest BCUT2D eigenvalue weighted by atomic mass is 10.2. The molecule has 0 radical (unpaired) electrons. The number of rotatable bonds is 5. The number of anilines is 1. The van der Waals surface area contributed by atoms with Crippen molar-refractivity contribution in [1.82, 2.24) is 19.7 Å². The highest BCUT2D eigenvalue weighted by Crippen LogP contribution is 2.16. The molecule has 0 unspecified atom stereocenters. The normalized spacial score (nSPS) is 11.2. The van der Waals surface area contributed by atoms with Crippen LogP contribution < -0.4 is 10.5 Å². The molecule has 0 amide bonds. The van der Waals surface area contributed by atoms with Crippen molar-refractivity contribution in [3.8, 4) is 0 Å². The molecule has 2 aromatic heterocycles. The van der Waals surface area contributed by atoms with Gasteiger partial charge in [-0.1, -0.05) is 20.3 Å². The second-order valence-corrected chi connectivity index (χ2v) is 4.83. The first-order valence-electron chi connectivity index (χ1n) is 6.75. The van der Waals surface area contributed by atoms with Crippen LogP contribution in [0.25, 0.3) is 11.0 Å². The highest BCUT2D eigenvalue weighted by molar-refractivity contribution is 5.77. The maximum Gasteiger partial charge on any atom is 0.278 e. The first kappa shape index (κ1) is 13.6. The highest BCUT2D eigenvalue weighted by atomic mass is 16.1. The molecule has 0 bridgehead atoms. The molecule has 0 fully saturated rings. The van der Waals surface area contributed by atoms with Crippen LogP contribution in [-0.4, -0.2) is 33.3 Å². The zero-order valence-corrected chi connectivity index (χ0v) is 12.0. The molecule has 19 heavy (non-hydrogen) atoms. The number of fused-ring (bicyclic) bond motifs is 1. The summed E-state index contributed by atoms with van der Waals surface area (Å²) in [5.74, 6) is 0.615. The van der Waals surface area contributed by atoms with Crippen molar-refractivity contribution in [2.45, 2.75) is 33.1 Å². The first-order valence-corrected chi connectivity index (χ1v) is 6.75. The van der Waals surface area contributed by atoms with Crippen molar-refractivity contribution in [2.75, 3.05) is 18.5 Å². The van der Waals surface area contributed by atoms with Crippen molar-refractivity contribution in [1.29, 1.82) is 0 Å². The van der Waals surface area contributed by atoms with Gasteiger partial charge in [-0.3, -0.25) is 14.5 Å². The van der Waals surface area contributed by atoms with Crippen LogP contribution in [0.3, 0.4) is 0 Å². The minimum absolute atomic E-state index is 0.125. The summed E-state index contributed by atoms with van der Waals surface area (Å²) in [7, 11) is 3.72. The molecule has 1 N–H and O–H groups in total. The van der Waals surface area contributed by atoms with E-state index in [1.165, 1.54) is 0 Å². The lowest BCUT2D eigenvalue weighted by Crippen LogP contribution is -2.24. The Labute approximate surface area is 112 Å². The van der Waals surface area contributed by atoms with Crippen molar-refractivity contribution >= 4 is 17.0 Å². The van der Waals surface area contributed by atoms with Gasteiger partial charge >= 0.3 is 0 Å². The van der Waals surface area contributed by atoms with Gasteiger partial charge in [0.25, 0.3) is 5.56 Å². The maximum absolute atomic E-state index is 12.2. The maximum atomic E-state index is 12.2. The third-order valence-corrected chi connectivity index (χ3v) is 3.16. The summed E-state index contributed by atoms with van der Waals surface area (Å²) in [5, 5.41) is 4.40. The van der Waals surface area contributed by atoms with E-state index in [0.717, 1.165) is 37.0 Å². The number of hydrogen-bond donors (Lipinski definition) is 1. The number of aromatic amines is 1. The van der Waals surface area contributed by atoms with Crippen molar-refractivity contribution in [2.24, 2.45) is 7.05 Å². The largest absolute Gasteiger partial charge is 0.345 e. The molecular formula is C13H21N5O. The monoisotopic (exact) mass is 263 g/mol. The zero-order chi connectivity index (χ0) is 14.0. The van der Waals surface area contributed by atoms with Crippen LogP contribution in [0.2, 0.25) is 0 Å². The van der Waals surface area contributed by atoms with Gasteiger partial charge in [0.2, 0.25) is 5.95 Å². The average Bonchev–Trinajstić information content (AvgIpc) is 2.67. The standard InChI is InChI=1S/C13H21N5O/c1-5-7-9-10-11(18(4)16-9)12(19)15-13(14-10)17(3)8-6-2/h5-8H2,1-4H3,(H,14,15,19). The van der Waals surface area contributed by atoms with Crippen LogP contribution in [0.4, 0.5) is 5.95 Å². The topological polar surface area (TPSA) is 66.8 Å². The minimum Gasteiger partial charge on any atom is -0.345 e. The Morgan fingerprint density at radius 1 is 1.32 bits per heavy atom. The summed E-state index contributed by atoms with van der Waals surface area (Å²) in [5.41, 5.74) is 2.06. The Bertz CT molecular complexity index is 628. The van der Waals surface area contributed by atoms with Gasteiger partial charge in [0, 0.05) is 20.6 Å². The summed E-state index contributed by atoms with van der Waals surface area (Å²) in [6.45, 7) is 5.05. The van der Waals surface area contributed by atoms with Crippen molar-refractivity contribution in [3.05, 3.63) is 16.0 Å². The summed E-state index contributed by atoms with van der Waals surface area (Å²) in [6.07, 6.45) is 2.83. The van der Waals surface area contributed by atoms with Crippen molar-refractivity contribution in [3.63, 3.8) is 0 Å². The van der Waals surface area contributed by atoms with Crippen LogP contribution in [0.5, 0.6) is 0 Å². The number of nitrogens with one attached hydrogen (secondary N) is 1. The fourth-order valence-corrected chi connectivity index (χ4v) is 2.26. The second kappa shape index (κ2) is 5.42. The summed E-state index contributed by atoms with van der Waals surface area (Å²) in [6, 6.07) is 0. The molecule has 6 nitrogen and oxygen atoms in total. The predicted octanol–water partition coefficient (Wildman–Crippen LogP) is 1.46. The van der Waals surface area contributed by atoms with E-state index < -0.39 is 0 Å². The Morgan fingerprint density at radius 3 is 2.68 bits per heavy atom. The molecular weight excluding hydrogens is 242 g/mol. The molecule has 2 rings (SSSR count). The van der Waals surface area contributed by atoms with Gasteiger partial charge in [0.15, 0.2) is 5.52 Å². The Kier molecular flexibility index (Phi) is 3.87. The SMILES string of the molecule is CCCc1nn(C)c2c(=O)[nH]c(N(C)CCC)nc12. The first-order chi connectivity index (χ1) is 9.08. The van der Waals surface area contributed by atoms with Crippen LogP contribution in [0.15, 0.2) is 4.79 Å². The van der Waals surface area contributed by atoms with Crippen LogP contribution in [-0.2, 0) is 13.5 Å². The predicted molar refractivity (Wildman–Crippen MR) is 76.7 cm³/mol. The van der Waals surface area contributed by atoms with E-state index in [4.69, 9.17) is 0 Å². The molecule has 0 spiro atoms. The highest BCUT2D eigenvalue weighted by Gasteiger charge is 2.15. The second-order valence-electron chi connectivity index (χ2n) is 4.83. The summed E-state index contributed by atoms with van der Waals surface area (Å²) in [4.78, 5) is 21.5. The Morgan fingerprint density at radius 2 is 2.05 bits per heavy atom. The van der Waals surface area contributed by atoms with E-state index in [1.807, 2.05) is 11.9 Å². The molecule has 0 aliphatic carbocycles. The van der Waals surface area contributed by atoms with Gasteiger partial charge in [-0.25, -0.2) is 4.98 Å². The van der Waals surface area contributed by atoms with Gasteiger partial charge in [-0.05, 0) is 12.8 Å². The van der Waals surface area contributed by atoms with Gasteiger partial charge in [-0.2, -0.15) is 5.10 Å². The van der Waals surface area contributed by atoms with E-state index in [2.05, 4.69) is 28.9 Å². The fourth-order valence-electron chi connectivity index (χ4n) is 2.26. The molecule has 0 saturated heterocycles. The Hall–Kier alpha value is -1.85. The van der Waals surface area contributed by atoms with Gasteiger partial charge < -0.3 is 4.90 Å². The lowest BCUT2D eigenvalue weighted by molar-refractivity contribution is 0.750. The number of H-pyrrole nitrogens is 1. The third kappa shape index (κ3) is 2.47. The molecule has 6 heteroatoms. The molecule has 0 atom stereocenters. The van der Waals surface area contributed by atoms with Gasteiger partial charge in [-0.15, -0.1) is 0 Å². The number of nitrogens with zero attached hydrogens (tertiary/aromatic N) is 4. The molecule has 104 valence electrons. The number of hydrogen-bond acceptors (Lipinski definition) is 4. The average molecular weight is 263 g/mol. The fraction of sp³-hybridized carbons (Fsp3) is 0.615. The molecule has 2 aromatic rings. The minimum atomic E-state index is -0.125. The molecule has 0 aliphatic rings. The Balaban J connectivity index is 2.60.